The molecule has 6 nitrogen and oxygen atoms in total. The predicted molar refractivity (Wildman–Crippen MR) is 98.7 cm³/mol. The van der Waals surface area contributed by atoms with E-state index in [1.54, 1.807) is 9.80 Å². The lowest BCUT2D eigenvalue weighted by atomic mass is 10.2. The number of hydrogen-bond acceptors (Lipinski definition) is 5. The van der Waals surface area contributed by atoms with E-state index in [1.165, 1.54) is 19.8 Å². The predicted octanol–water partition coefficient (Wildman–Crippen LogP) is 2.29. The number of aliphatic hydroxyl groups excluding tert-OH is 1. The fraction of sp³-hybridized carbons (Fsp3) is 0.667. The first-order valence-electron chi connectivity index (χ1n) is 8.82. The number of hydrogen-bond donors (Lipinski definition) is 1. The van der Waals surface area contributed by atoms with Gasteiger partial charge in [-0.05, 0) is 25.2 Å². The minimum absolute atomic E-state index is 0.0893. The largest absolute Gasteiger partial charge is 0.456 e. The Kier molecular flexibility index (Phi) is 7.38. The highest BCUT2D eigenvalue weighted by atomic mass is 32.2. The summed E-state index contributed by atoms with van der Waals surface area (Å²) in [6.45, 7) is 6.82. The Morgan fingerprint density at radius 2 is 2.00 bits per heavy atom. The van der Waals surface area contributed by atoms with Crippen molar-refractivity contribution in [1.29, 1.82) is 0 Å². The first-order chi connectivity index (χ1) is 11.9. The van der Waals surface area contributed by atoms with Gasteiger partial charge < -0.3 is 19.3 Å². The van der Waals surface area contributed by atoms with Crippen LogP contribution < -0.4 is 0 Å². The van der Waals surface area contributed by atoms with E-state index in [1.807, 2.05) is 24.8 Å². The summed E-state index contributed by atoms with van der Waals surface area (Å²) in [5.41, 5.74) is 1.05. The maximum absolute atomic E-state index is 12.7. The normalized spacial score (nSPS) is 18.3. The second kappa shape index (κ2) is 9.29. The summed E-state index contributed by atoms with van der Waals surface area (Å²) < 4.78 is 5.67. The monoisotopic (exact) mass is 368 g/mol. The van der Waals surface area contributed by atoms with Crippen LogP contribution in [0.1, 0.15) is 48.6 Å². The summed E-state index contributed by atoms with van der Waals surface area (Å²) in [6.07, 6.45) is 1.62. The summed E-state index contributed by atoms with van der Waals surface area (Å²) >= 11 is 1.84. The third-order valence-electron chi connectivity index (χ3n) is 4.37. The van der Waals surface area contributed by atoms with E-state index in [0.717, 1.165) is 22.8 Å². The Labute approximate surface area is 153 Å². The molecule has 1 atom stereocenters. The Hall–Kier alpha value is -1.47. The molecular weight excluding hydrogens is 340 g/mol. The molecule has 140 valence electrons. The van der Waals surface area contributed by atoms with Gasteiger partial charge in [-0.1, -0.05) is 13.3 Å². The zero-order chi connectivity index (χ0) is 18.4. The van der Waals surface area contributed by atoms with Crippen LogP contribution in [0.2, 0.25) is 0 Å². The molecule has 1 unspecified atom stereocenters. The zero-order valence-corrected chi connectivity index (χ0v) is 16.1. The molecule has 1 aliphatic rings. The van der Waals surface area contributed by atoms with Crippen molar-refractivity contribution in [3.63, 3.8) is 0 Å². The second-order valence-electron chi connectivity index (χ2n) is 6.47. The Morgan fingerprint density at radius 3 is 2.68 bits per heavy atom. The fourth-order valence-electron chi connectivity index (χ4n) is 2.81. The molecule has 1 saturated heterocycles. The van der Waals surface area contributed by atoms with E-state index in [0.29, 0.717) is 18.8 Å². The summed E-state index contributed by atoms with van der Waals surface area (Å²) in [6, 6.07) is 1.82. The Bertz CT molecular complexity index is 602. The lowest BCUT2D eigenvalue weighted by molar-refractivity contribution is -0.129. The molecule has 1 aliphatic heterocycles. The van der Waals surface area contributed by atoms with Crippen molar-refractivity contribution in [3.05, 3.63) is 23.2 Å². The molecule has 2 heterocycles. The van der Waals surface area contributed by atoms with Crippen LogP contribution in [0, 0.1) is 6.92 Å². The van der Waals surface area contributed by atoms with Gasteiger partial charge >= 0.3 is 0 Å². The average Bonchev–Trinajstić information content (AvgIpc) is 2.81. The molecule has 0 bridgehead atoms. The zero-order valence-electron chi connectivity index (χ0n) is 15.3. The van der Waals surface area contributed by atoms with Gasteiger partial charge in [0.15, 0.2) is 5.76 Å². The lowest BCUT2D eigenvalue weighted by Gasteiger charge is -2.20. The summed E-state index contributed by atoms with van der Waals surface area (Å²) in [5.74, 6) is 2.71. The SMILES string of the molecule is CCCCSCc1cc(C(=O)N2CCN(C(C)=O)CC(O)C2)oc1C. The van der Waals surface area contributed by atoms with Gasteiger partial charge in [0.1, 0.15) is 5.76 Å². The van der Waals surface area contributed by atoms with Crippen LogP contribution >= 0.6 is 11.8 Å². The van der Waals surface area contributed by atoms with Crippen molar-refractivity contribution in [2.24, 2.45) is 0 Å². The number of thioether (sulfide) groups is 1. The minimum Gasteiger partial charge on any atom is -0.456 e. The van der Waals surface area contributed by atoms with Crippen molar-refractivity contribution in [3.8, 4) is 0 Å². The highest BCUT2D eigenvalue weighted by Gasteiger charge is 2.28. The molecule has 0 aliphatic carbocycles. The Morgan fingerprint density at radius 1 is 1.32 bits per heavy atom. The van der Waals surface area contributed by atoms with Crippen LogP contribution in [0.25, 0.3) is 0 Å². The molecular formula is C18H28N2O4S. The van der Waals surface area contributed by atoms with Gasteiger partial charge in [-0.2, -0.15) is 11.8 Å². The van der Waals surface area contributed by atoms with E-state index >= 15 is 0 Å². The third-order valence-corrected chi connectivity index (χ3v) is 5.46. The highest BCUT2D eigenvalue weighted by molar-refractivity contribution is 7.98. The molecule has 0 radical (unpaired) electrons. The van der Waals surface area contributed by atoms with Crippen molar-refractivity contribution in [1.82, 2.24) is 9.80 Å². The van der Waals surface area contributed by atoms with Crippen LogP contribution in [-0.4, -0.2) is 64.8 Å². The molecule has 0 aromatic carbocycles. The van der Waals surface area contributed by atoms with Crippen molar-refractivity contribution < 1.29 is 19.1 Å². The van der Waals surface area contributed by atoms with Gasteiger partial charge in [-0.3, -0.25) is 9.59 Å². The van der Waals surface area contributed by atoms with E-state index in [9.17, 15) is 14.7 Å². The van der Waals surface area contributed by atoms with Gasteiger partial charge in [-0.25, -0.2) is 0 Å². The molecule has 1 aromatic heterocycles. The standard InChI is InChI=1S/C18H28N2O4S/c1-4-5-8-25-12-15-9-17(24-13(15)2)18(23)20-7-6-19(14(3)21)10-16(22)11-20/h9,16,22H,4-8,10-12H2,1-3H3. The number of furan rings is 1. The van der Waals surface area contributed by atoms with Gasteiger partial charge in [0.2, 0.25) is 5.91 Å². The molecule has 2 amide bonds. The number of carbonyl (C=O) groups is 2. The average molecular weight is 368 g/mol. The molecule has 1 fully saturated rings. The first kappa shape index (κ1) is 19.8. The lowest BCUT2D eigenvalue weighted by Crippen LogP contribution is -2.37. The topological polar surface area (TPSA) is 74.0 Å². The fourth-order valence-corrected chi connectivity index (χ4v) is 3.96. The molecule has 25 heavy (non-hydrogen) atoms. The number of carbonyl (C=O) groups excluding carboxylic acids is 2. The molecule has 2 rings (SSSR count). The molecule has 1 N–H and O–H groups in total. The van der Waals surface area contributed by atoms with E-state index in [2.05, 4.69) is 6.92 Å². The number of nitrogens with zero attached hydrogens (tertiary/aromatic N) is 2. The molecule has 1 aromatic rings. The van der Waals surface area contributed by atoms with E-state index < -0.39 is 6.10 Å². The smallest absolute Gasteiger partial charge is 0.289 e. The molecule has 7 heteroatoms. The Balaban J connectivity index is 2.01. The van der Waals surface area contributed by atoms with Crippen LogP contribution in [0.5, 0.6) is 0 Å². The molecule has 0 spiro atoms. The van der Waals surface area contributed by atoms with Gasteiger partial charge in [0.25, 0.3) is 5.91 Å². The van der Waals surface area contributed by atoms with Crippen LogP contribution in [0.4, 0.5) is 0 Å². The second-order valence-corrected chi connectivity index (χ2v) is 7.57. The number of aliphatic hydroxyl groups is 1. The van der Waals surface area contributed by atoms with Crippen molar-refractivity contribution >= 4 is 23.6 Å². The number of unbranched alkanes of at least 4 members (excludes halogenated alkanes) is 1. The van der Waals surface area contributed by atoms with Crippen LogP contribution in [0.15, 0.2) is 10.5 Å². The highest BCUT2D eigenvalue weighted by Crippen LogP contribution is 2.22. The third kappa shape index (κ3) is 5.51. The van der Waals surface area contributed by atoms with Gasteiger partial charge in [-0.15, -0.1) is 0 Å². The maximum atomic E-state index is 12.7. The maximum Gasteiger partial charge on any atom is 0.289 e. The van der Waals surface area contributed by atoms with Crippen molar-refractivity contribution in [2.45, 2.75) is 45.5 Å². The van der Waals surface area contributed by atoms with Gasteiger partial charge in [0, 0.05) is 44.4 Å². The summed E-state index contributed by atoms with van der Waals surface area (Å²) in [7, 11) is 0. The van der Waals surface area contributed by atoms with Crippen LogP contribution in [-0.2, 0) is 10.5 Å². The summed E-state index contributed by atoms with van der Waals surface area (Å²) in [5, 5.41) is 10.1. The molecule has 0 saturated carbocycles. The first-order valence-corrected chi connectivity index (χ1v) is 9.97. The van der Waals surface area contributed by atoms with E-state index in [4.69, 9.17) is 4.42 Å². The van der Waals surface area contributed by atoms with Crippen molar-refractivity contribution in [2.75, 3.05) is 31.9 Å². The van der Waals surface area contributed by atoms with Gasteiger partial charge in [0.05, 0.1) is 6.10 Å². The minimum atomic E-state index is -0.740. The number of amides is 2. The quantitative estimate of drug-likeness (QED) is 0.780. The van der Waals surface area contributed by atoms with E-state index in [-0.39, 0.29) is 24.9 Å². The number of rotatable bonds is 6. The van der Waals surface area contributed by atoms with Crippen LogP contribution in [0.3, 0.4) is 0 Å². The number of β-amino-alcohol motifs (C(OH)–C–C–N with tert-alkyl or cyclic N) is 1. The summed E-state index contributed by atoms with van der Waals surface area (Å²) in [4.78, 5) is 27.4. The number of aryl methyl sites for hydroxylation is 1.